The Balaban J connectivity index is 1.90. The number of amides is 1. The Morgan fingerprint density at radius 1 is 1.07 bits per heavy atom. The zero-order chi connectivity index (χ0) is 20.1. The fourth-order valence-electron chi connectivity index (χ4n) is 2.92. The molecular formula is C22H24N4O2. The molecule has 6 heteroatoms. The maximum absolute atomic E-state index is 12.8. The summed E-state index contributed by atoms with van der Waals surface area (Å²) in [6.07, 6.45) is 0. The number of carbonyl (C=O) groups is 1. The standard InChI is InChI=1S/C22H24N4O2/c1-5-26(18-10-6-8-15(2)12-18)22-23-16(3)13-20(25-22)21(27)24-17-9-7-11-19(14-17)28-4/h6-14H,5H2,1-4H3,(H,24,27). The molecule has 0 saturated heterocycles. The van der Waals surface area contributed by atoms with Crippen molar-refractivity contribution in [1.82, 2.24) is 9.97 Å². The average Bonchev–Trinajstić information content (AvgIpc) is 2.68. The average molecular weight is 376 g/mol. The third-order valence-corrected chi connectivity index (χ3v) is 4.27. The van der Waals surface area contributed by atoms with Gasteiger partial charge in [-0.2, -0.15) is 0 Å². The molecule has 1 heterocycles. The Bertz CT molecular complexity index is 988. The smallest absolute Gasteiger partial charge is 0.274 e. The number of ether oxygens (including phenoxy) is 1. The van der Waals surface area contributed by atoms with E-state index < -0.39 is 0 Å². The number of hydrogen-bond donors (Lipinski definition) is 1. The van der Waals surface area contributed by atoms with Gasteiger partial charge >= 0.3 is 0 Å². The second-order valence-electron chi connectivity index (χ2n) is 6.46. The summed E-state index contributed by atoms with van der Waals surface area (Å²) in [6.45, 7) is 6.62. The van der Waals surface area contributed by atoms with Gasteiger partial charge in [0.25, 0.3) is 5.91 Å². The summed E-state index contributed by atoms with van der Waals surface area (Å²) in [7, 11) is 1.59. The molecule has 0 spiro atoms. The lowest BCUT2D eigenvalue weighted by atomic mass is 10.2. The molecule has 1 N–H and O–H groups in total. The Hall–Kier alpha value is -3.41. The van der Waals surface area contributed by atoms with Gasteiger partial charge in [0, 0.05) is 29.7 Å². The van der Waals surface area contributed by atoms with Gasteiger partial charge in [0.1, 0.15) is 11.4 Å². The van der Waals surface area contributed by atoms with E-state index in [2.05, 4.69) is 21.4 Å². The molecule has 0 aliphatic heterocycles. The van der Waals surface area contributed by atoms with Crippen molar-refractivity contribution in [1.29, 1.82) is 0 Å². The molecule has 1 amide bonds. The van der Waals surface area contributed by atoms with Gasteiger partial charge in [-0.25, -0.2) is 9.97 Å². The van der Waals surface area contributed by atoms with Gasteiger partial charge in [0.05, 0.1) is 7.11 Å². The fourth-order valence-corrected chi connectivity index (χ4v) is 2.92. The third-order valence-electron chi connectivity index (χ3n) is 4.27. The SMILES string of the molecule is CCN(c1cccc(C)c1)c1nc(C)cc(C(=O)Nc2cccc(OC)c2)n1. The van der Waals surface area contributed by atoms with Crippen LogP contribution in [-0.2, 0) is 0 Å². The minimum absolute atomic E-state index is 0.291. The van der Waals surface area contributed by atoms with Crippen molar-refractivity contribution in [2.45, 2.75) is 20.8 Å². The first kappa shape index (κ1) is 19.4. The van der Waals surface area contributed by atoms with Crippen LogP contribution in [0.1, 0.15) is 28.7 Å². The maximum atomic E-state index is 12.8. The third kappa shape index (κ3) is 4.46. The quantitative estimate of drug-likeness (QED) is 0.685. The molecule has 0 unspecified atom stereocenters. The summed E-state index contributed by atoms with van der Waals surface area (Å²) < 4.78 is 5.20. The number of anilines is 3. The lowest BCUT2D eigenvalue weighted by molar-refractivity contribution is 0.102. The summed E-state index contributed by atoms with van der Waals surface area (Å²) in [6, 6.07) is 17.0. The van der Waals surface area contributed by atoms with Crippen molar-refractivity contribution in [2.24, 2.45) is 0 Å². The highest BCUT2D eigenvalue weighted by Crippen LogP contribution is 2.24. The molecule has 144 valence electrons. The minimum atomic E-state index is -0.291. The highest BCUT2D eigenvalue weighted by atomic mass is 16.5. The number of aryl methyl sites for hydroxylation is 2. The van der Waals surface area contributed by atoms with E-state index in [0.717, 1.165) is 16.9 Å². The van der Waals surface area contributed by atoms with E-state index in [-0.39, 0.29) is 5.91 Å². The van der Waals surface area contributed by atoms with Crippen LogP contribution in [0.5, 0.6) is 5.75 Å². The highest BCUT2D eigenvalue weighted by Gasteiger charge is 2.16. The van der Waals surface area contributed by atoms with E-state index in [1.807, 2.05) is 56.0 Å². The van der Waals surface area contributed by atoms with Gasteiger partial charge in [-0.1, -0.05) is 18.2 Å². The summed E-state index contributed by atoms with van der Waals surface area (Å²) >= 11 is 0. The number of rotatable bonds is 6. The zero-order valence-corrected chi connectivity index (χ0v) is 16.6. The number of methoxy groups -OCH3 is 1. The molecule has 6 nitrogen and oxygen atoms in total. The van der Waals surface area contributed by atoms with Crippen LogP contribution in [0.2, 0.25) is 0 Å². The van der Waals surface area contributed by atoms with Crippen molar-refractivity contribution in [3.05, 3.63) is 71.5 Å². The van der Waals surface area contributed by atoms with E-state index in [4.69, 9.17) is 4.74 Å². The van der Waals surface area contributed by atoms with Crippen LogP contribution < -0.4 is 15.0 Å². The Morgan fingerprint density at radius 3 is 2.57 bits per heavy atom. The fraction of sp³-hybridized carbons (Fsp3) is 0.227. The maximum Gasteiger partial charge on any atom is 0.274 e. The van der Waals surface area contributed by atoms with Crippen molar-refractivity contribution < 1.29 is 9.53 Å². The largest absolute Gasteiger partial charge is 0.497 e. The summed E-state index contributed by atoms with van der Waals surface area (Å²) in [4.78, 5) is 23.8. The second kappa shape index (κ2) is 8.52. The minimum Gasteiger partial charge on any atom is -0.497 e. The number of carbonyl (C=O) groups excluding carboxylic acids is 1. The molecule has 0 aliphatic rings. The Morgan fingerprint density at radius 2 is 1.86 bits per heavy atom. The lowest BCUT2D eigenvalue weighted by Gasteiger charge is -2.22. The number of nitrogens with zero attached hydrogens (tertiary/aromatic N) is 3. The first-order valence-electron chi connectivity index (χ1n) is 9.15. The van der Waals surface area contributed by atoms with E-state index in [0.29, 0.717) is 29.6 Å². The molecule has 0 atom stereocenters. The molecule has 3 aromatic rings. The predicted molar refractivity (Wildman–Crippen MR) is 112 cm³/mol. The van der Waals surface area contributed by atoms with Crippen molar-refractivity contribution in [2.75, 3.05) is 23.9 Å². The van der Waals surface area contributed by atoms with Gasteiger partial charge in [-0.05, 0) is 56.7 Å². The van der Waals surface area contributed by atoms with Gasteiger partial charge in [-0.15, -0.1) is 0 Å². The van der Waals surface area contributed by atoms with E-state index >= 15 is 0 Å². The summed E-state index contributed by atoms with van der Waals surface area (Å²) in [5, 5.41) is 2.87. The summed E-state index contributed by atoms with van der Waals surface area (Å²) in [5.74, 6) is 0.887. The molecule has 0 fully saturated rings. The lowest BCUT2D eigenvalue weighted by Crippen LogP contribution is -2.22. The monoisotopic (exact) mass is 376 g/mol. The number of nitrogens with one attached hydrogen (secondary N) is 1. The topological polar surface area (TPSA) is 67.4 Å². The molecule has 1 aromatic heterocycles. The molecule has 0 bridgehead atoms. The molecule has 3 rings (SSSR count). The van der Waals surface area contributed by atoms with Crippen LogP contribution in [0.25, 0.3) is 0 Å². The van der Waals surface area contributed by atoms with Crippen molar-refractivity contribution in [3.63, 3.8) is 0 Å². The van der Waals surface area contributed by atoms with Crippen molar-refractivity contribution in [3.8, 4) is 5.75 Å². The van der Waals surface area contributed by atoms with Gasteiger partial charge in [-0.3, -0.25) is 4.79 Å². The summed E-state index contributed by atoms with van der Waals surface area (Å²) in [5.41, 5.74) is 3.84. The zero-order valence-electron chi connectivity index (χ0n) is 16.6. The Kier molecular flexibility index (Phi) is 5.89. The normalized spacial score (nSPS) is 10.4. The van der Waals surface area contributed by atoms with Gasteiger partial charge in [0.2, 0.25) is 5.95 Å². The van der Waals surface area contributed by atoms with Gasteiger partial charge in [0.15, 0.2) is 0 Å². The van der Waals surface area contributed by atoms with Crippen LogP contribution in [0.4, 0.5) is 17.3 Å². The second-order valence-corrected chi connectivity index (χ2v) is 6.46. The van der Waals surface area contributed by atoms with E-state index in [9.17, 15) is 4.79 Å². The van der Waals surface area contributed by atoms with Crippen LogP contribution in [0.3, 0.4) is 0 Å². The number of aromatic nitrogens is 2. The van der Waals surface area contributed by atoms with Crippen LogP contribution >= 0.6 is 0 Å². The van der Waals surface area contributed by atoms with Crippen LogP contribution in [0, 0.1) is 13.8 Å². The number of hydrogen-bond acceptors (Lipinski definition) is 5. The Labute approximate surface area is 165 Å². The van der Waals surface area contributed by atoms with Gasteiger partial charge < -0.3 is 15.0 Å². The molecule has 0 radical (unpaired) electrons. The first-order chi connectivity index (χ1) is 13.5. The molecule has 2 aromatic carbocycles. The molecular weight excluding hydrogens is 352 g/mol. The highest BCUT2D eigenvalue weighted by molar-refractivity contribution is 6.03. The first-order valence-corrected chi connectivity index (χ1v) is 9.15. The molecule has 28 heavy (non-hydrogen) atoms. The van der Waals surface area contributed by atoms with E-state index in [1.165, 1.54) is 0 Å². The molecule has 0 saturated carbocycles. The van der Waals surface area contributed by atoms with Crippen LogP contribution in [0.15, 0.2) is 54.6 Å². The van der Waals surface area contributed by atoms with E-state index in [1.54, 1.807) is 25.3 Å². The molecule has 0 aliphatic carbocycles. The van der Waals surface area contributed by atoms with Crippen LogP contribution in [-0.4, -0.2) is 29.5 Å². The number of benzene rings is 2. The van der Waals surface area contributed by atoms with Crippen molar-refractivity contribution >= 4 is 23.2 Å². The predicted octanol–water partition coefficient (Wildman–Crippen LogP) is 4.51.